The predicted molar refractivity (Wildman–Crippen MR) is 76.9 cm³/mol. The van der Waals surface area contributed by atoms with E-state index in [-0.39, 0.29) is 22.7 Å². The van der Waals surface area contributed by atoms with Crippen LogP contribution in [0.3, 0.4) is 0 Å². The second-order valence-corrected chi connectivity index (χ2v) is 8.27. The number of hydrogen-bond donors (Lipinski definition) is 1. The Labute approximate surface area is 123 Å². The summed E-state index contributed by atoms with van der Waals surface area (Å²) in [6.07, 6.45) is 4.13. The van der Waals surface area contributed by atoms with Crippen molar-refractivity contribution < 1.29 is 17.9 Å². The van der Waals surface area contributed by atoms with Crippen molar-refractivity contribution in [1.29, 1.82) is 0 Å². The lowest BCUT2D eigenvalue weighted by Crippen LogP contribution is -2.24. The van der Waals surface area contributed by atoms with E-state index in [0.29, 0.717) is 10.8 Å². The minimum Gasteiger partial charge on any atom is -0.462 e. The van der Waals surface area contributed by atoms with Crippen LogP contribution in [0, 0.1) is 5.92 Å². The molecule has 0 unspecified atom stereocenters. The van der Waals surface area contributed by atoms with Crippen LogP contribution in [0.1, 0.15) is 37.5 Å². The van der Waals surface area contributed by atoms with Crippen LogP contribution in [-0.4, -0.2) is 20.5 Å². The Morgan fingerprint density at radius 2 is 2.00 bits per heavy atom. The van der Waals surface area contributed by atoms with Gasteiger partial charge < -0.3 is 4.74 Å². The monoisotopic (exact) mass is 317 g/mol. The highest BCUT2D eigenvalue weighted by atomic mass is 32.2. The third-order valence-corrected chi connectivity index (χ3v) is 6.02. The van der Waals surface area contributed by atoms with Crippen molar-refractivity contribution >= 4 is 27.3 Å². The molecule has 20 heavy (non-hydrogen) atoms. The maximum atomic E-state index is 11.8. The molecule has 1 saturated carbocycles. The zero-order chi connectivity index (χ0) is 14.8. The molecule has 2 N–H and O–H groups in total. The fourth-order valence-corrected chi connectivity index (χ4v) is 4.09. The Morgan fingerprint density at radius 3 is 2.55 bits per heavy atom. The van der Waals surface area contributed by atoms with Gasteiger partial charge in [-0.25, -0.2) is 13.6 Å². The topological polar surface area (TPSA) is 86.5 Å². The van der Waals surface area contributed by atoms with Gasteiger partial charge in [-0.3, -0.25) is 4.79 Å². The number of carbonyl (C=O) groups excluding carboxylic acids is 1. The van der Waals surface area contributed by atoms with Crippen molar-refractivity contribution in [2.75, 3.05) is 0 Å². The van der Waals surface area contributed by atoms with Crippen molar-refractivity contribution in [3.05, 3.63) is 17.0 Å². The standard InChI is InChI=1S/C13H19NO4S2/c1-9-2-4-10(5-3-9)18-12(15)8-11-6-7-13(19-11)20(14,16)17/h6-7,9-10H,2-5,8H2,1H3,(H2,14,16,17). The Balaban J connectivity index is 1.87. The lowest BCUT2D eigenvalue weighted by atomic mass is 9.89. The number of rotatable bonds is 4. The highest BCUT2D eigenvalue weighted by Crippen LogP contribution is 2.26. The van der Waals surface area contributed by atoms with Crippen LogP contribution in [0.5, 0.6) is 0 Å². The molecule has 0 atom stereocenters. The first kappa shape index (κ1) is 15.5. The smallest absolute Gasteiger partial charge is 0.311 e. The molecule has 112 valence electrons. The predicted octanol–water partition coefficient (Wildman–Crippen LogP) is 2.06. The van der Waals surface area contributed by atoms with Gasteiger partial charge in [-0.2, -0.15) is 0 Å². The number of ether oxygens (including phenoxy) is 1. The minimum atomic E-state index is -3.68. The van der Waals surface area contributed by atoms with Gasteiger partial charge >= 0.3 is 5.97 Å². The fraction of sp³-hybridized carbons (Fsp3) is 0.615. The molecule has 0 radical (unpaired) electrons. The van der Waals surface area contributed by atoms with Gasteiger partial charge in [0.15, 0.2) is 0 Å². The molecule has 7 heteroatoms. The molecule has 0 spiro atoms. The van der Waals surface area contributed by atoms with E-state index in [1.54, 1.807) is 6.07 Å². The molecular formula is C13H19NO4S2. The molecule has 0 aromatic carbocycles. The van der Waals surface area contributed by atoms with Crippen molar-refractivity contribution in [2.24, 2.45) is 11.1 Å². The third kappa shape index (κ3) is 4.29. The van der Waals surface area contributed by atoms with E-state index in [1.807, 2.05) is 0 Å². The van der Waals surface area contributed by atoms with E-state index >= 15 is 0 Å². The number of sulfonamides is 1. The average molecular weight is 317 g/mol. The van der Waals surface area contributed by atoms with Gasteiger partial charge in [0, 0.05) is 4.88 Å². The molecule has 2 rings (SSSR count). The quantitative estimate of drug-likeness (QED) is 0.861. The molecule has 1 heterocycles. The second-order valence-electron chi connectivity index (χ2n) is 5.31. The summed E-state index contributed by atoms with van der Waals surface area (Å²) in [7, 11) is -3.68. The Bertz CT molecular complexity index is 571. The number of thiophene rings is 1. The molecule has 1 aromatic rings. The number of esters is 1. The van der Waals surface area contributed by atoms with E-state index in [0.717, 1.165) is 37.0 Å². The SMILES string of the molecule is CC1CCC(OC(=O)Cc2ccc(S(N)(=O)=O)s2)CC1. The summed E-state index contributed by atoms with van der Waals surface area (Å²) in [4.78, 5) is 12.5. The van der Waals surface area contributed by atoms with Crippen LogP contribution in [-0.2, 0) is 26.0 Å². The van der Waals surface area contributed by atoms with Crippen molar-refractivity contribution in [2.45, 2.75) is 49.3 Å². The maximum absolute atomic E-state index is 11.8. The van der Waals surface area contributed by atoms with E-state index in [4.69, 9.17) is 9.88 Å². The summed E-state index contributed by atoms with van der Waals surface area (Å²) in [5.41, 5.74) is 0. The molecule has 0 saturated heterocycles. The minimum absolute atomic E-state index is 0.0105. The molecule has 1 aliphatic carbocycles. The summed E-state index contributed by atoms with van der Waals surface area (Å²) < 4.78 is 27.8. The largest absolute Gasteiger partial charge is 0.462 e. The van der Waals surface area contributed by atoms with E-state index in [2.05, 4.69) is 6.92 Å². The van der Waals surface area contributed by atoms with E-state index in [9.17, 15) is 13.2 Å². The number of primary sulfonamides is 1. The first-order chi connectivity index (χ1) is 9.34. The molecule has 5 nitrogen and oxygen atoms in total. The van der Waals surface area contributed by atoms with E-state index in [1.165, 1.54) is 6.07 Å². The summed E-state index contributed by atoms with van der Waals surface area (Å²) in [6, 6.07) is 3.03. The van der Waals surface area contributed by atoms with Crippen molar-refractivity contribution in [1.82, 2.24) is 0 Å². The molecule has 1 aromatic heterocycles. The van der Waals surface area contributed by atoms with Gasteiger partial charge in [0.1, 0.15) is 10.3 Å². The number of carbonyl (C=O) groups is 1. The van der Waals surface area contributed by atoms with E-state index < -0.39 is 10.0 Å². The fourth-order valence-electron chi connectivity index (χ4n) is 2.32. The van der Waals surface area contributed by atoms with Gasteiger partial charge in [0.2, 0.25) is 10.0 Å². The number of hydrogen-bond acceptors (Lipinski definition) is 5. The number of nitrogens with two attached hydrogens (primary N) is 1. The molecular weight excluding hydrogens is 298 g/mol. The molecule has 1 aliphatic rings. The zero-order valence-electron chi connectivity index (χ0n) is 11.4. The summed E-state index contributed by atoms with van der Waals surface area (Å²) in [6.45, 7) is 2.21. The summed E-state index contributed by atoms with van der Waals surface area (Å²) in [5, 5.41) is 5.03. The van der Waals surface area contributed by atoms with Crippen LogP contribution in [0.15, 0.2) is 16.3 Å². The van der Waals surface area contributed by atoms with Gasteiger partial charge in [0.05, 0.1) is 6.42 Å². The van der Waals surface area contributed by atoms with Gasteiger partial charge in [-0.15, -0.1) is 11.3 Å². The maximum Gasteiger partial charge on any atom is 0.311 e. The van der Waals surface area contributed by atoms with Crippen LogP contribution in [0.4, 0.5) is 0 Å². The first-order valence-electron chi connectivity index (χ1n) is 6.65. The summed E-state index contributed by atoms with van der Waals surface area (Å²) in [5.74, 6) is 0.409. The van der Waals surface area contributed by atoms with Crippen LogP contribution < -0.4 is 5.14 Å². The molecule has 0 bridgehead atoms. The Morgan fingerprint density at radius 1 is 1.35 bits per heavy atom. The van der Waals surface area contributed by atoms with Crippen molar-refractivity contribution in [3.63, 3.8) is 0 Å². The average Bonchev–Trinajstić information content (AvgIpc) is 2.80. The van der Waals surface area contributed by atoms with Crippen LogP contribution in [0.2, 0.25) is 0 Å². The summed E-state index contributed by atoms with van der Waals surface area (Å²) >= 11 is 1.02. The lowest BCUT2D eigenvalue weighted by molar-refractivity contribution is -0.150. The van der Waals surface area contributed by atoms with Gasteiger partial charge in [-0.05, 0) is 43.7 Å². The Hall–Kier alpha value is -0.920. The van der Waals surface area contributed by atoms with Crippen LogP contribution >= 0.6 is 11.3 Å². The second kappa shape index (κ2) is 6.24. The zero-order valence-corrected chi connectivity index (χ0v) is 13.0. The first-order valence-corrected chi connectivity index (χ1v) is 9.02. The van der Waals surface area contributed by atoms with Gasteiger partial charge in [0.25, 0.3) is 0 Å². The van der Waals surface area contributed by atoms with Crippen LogP contribution in [0.25, 0.3) is 0 Å². The van der Waals surface area contributed by atoms with Crippen molar-refractivity contribution in [3.8, 4) is 0 Å². The molecule has 0 aliphatic heterocycles. The highest BCUT2D eigenvalue weighted by molar-refractivity contribution is 7.91. The molecule has 0 amide bonds. The normalized spacial score (nSPS) is 23.5. The highest BCUT2D eigenvalue weighted by Gasteiger charge is 2.22. The molecule has 1 fully saturated rings. The van der Waals surface area contributed by atoms with Gasteiger partial charge in [-0.1, -0.05) is 6.92 Å². The third-order valence-electron chi connectivity index (χ3n) is 3.50. The lowest BCUT2D eigenvalue weighted by Gasteiger charge is -2.25. The Kier molecular flexibility index (Phi) is 4.82.